The molecule has 0 radical (unpaired) electrons. The molecule has 0 aromatic carbocycles. The van der Waals surface area contributed by atoms with Gasteiger partial charge in [0.15, 0.2) is 0 Å². The molecule has 1 heterocycles. The van der Waals surface area contributed by atoms with E-state index in [0.29, 0.717) is 0 Å². The average molecular weight is 185 g/mol. The summed E-state index contributed by atoms with van der Waals surface area (Å²) in [6.45, 7) is 14.6. The maximum absolute atomic E-state index is 2.61. The largest absolute Gasteiger partial charge is 0.298 e. The predicted octanol–water partition coefficient (Wildman–Crippen LogP) is 3.54. The van der Waals surface area contributed by atoms with Gasteiger partial charge in [0.2, 0.25) is 0 Å². The monoisotopic (exact) mass is 185 g/mol. The molecular weight excluding hydrogens is 158 g/mol. The summed E-state index contributed by atoms with van der Waals surface area (Å²) in [6, 6.07) is 1.54. The molecule has 13 heavy (non-hydrogen) atoms. The summed E-state index contributed by atoms with van der Waals surface area (Å²) < 4.78 is 0. The lowest BCUT2D eigenvalue weighted by molar-refractivity contribution is 0.0974. The summed E-state index contributed by atoms with van der Waals surface area (Å²) in [5.41, 5.74) is 0. The molecule has 80 valence electrons. The lowest BCUT2D eigenvalue weighted by atomic mass is 9.92. The number of hydrogen-bond donors (Lipinski definition) is 0. The summed E-state index contributed by atoms with van der Waals surface area (Å²) in [4.78, 5) is 2.61. The standard InChI is InChI=1S/C10H21N.C2H6/c1-8(2)11-6-5-9(3)7-10(11)4;1-2/h8-10H,5-7H2,1-4H3;1-2H3. The lowest BCUT2D eigenvalue weighted by Crippen LogP contribution is -2.44. The minimum atomic E-state index is 0.734. The van der Waals surface area contributed by atoms with Gasteiger partial charge in [-0.15, -0.1) is 0 Å². The molecule has 0 aliphatic carbocycles. The molecule has 1 saturated heterocycles. The first-order valence-electron chi connectivity index (χ1n) is 5.87. The van der Waals surface area contributed by atoms with Gasteiger partial charge in [0, 0.05) is 12.1 Å². The van der Waals surface area contributed by atoms with E-state index < -0.39 is 0 Å². The van der Waals surface area contributed by atoms with Crippen LogP contribution in [0.2, 0.25) is 0 Å². The molecule has 2 atom stereocenters. The summed E-state index contributed by atoms with van der Waals surface area (Å²) in [5, 5.41) is 0. The highest BCUT2D eigenvalue weighted by molar-refractivity contribution is 4.78. The van der Waals surface area contributed by atoms with Gasteiger partial charge >= 0.3 is 0 Å². The number of piperidine rings is 1. The smallest absolute Gasteiger partial charge is 0.00721 e. The van der Waals surface area contributed by atoms with Crippen LogP contribution in [0.25, 0.3) is 0 Å². The summed E-state index contributed by atoms with van der Waals surface area (Å²) >= 11 is 0. The molecule has 1 aliphatic heterocycles. The van der Waals surface area contributed by atoms with E-state index in [-0.39, 0.29) is 0 Å². The second kappa shape index (κ2) is 6.42. The quantitative estimate of drug-likeness (QED) is 0.604. The van der Waals surface area contributed by atoms with Crippen molar-refractivity contribution in [1.29, 1.82) is 0 Å². The van der Waals surface area contributed by atoms with E-state index >= 15 is 0 Å². The zero-order chi connectivity index (χ0) is 10.4. The van der Waals surface area contributed by atoms with Crippen LogP contribution in [-0.4, -0.2) is 23.5 Å². The highest BCUT2D eigenvalue weighted by Gasteiger charge is 2.23. The van der Waals surface area contributed by atoms with Gasteiger partial charge < -0.3 is 0 Å². The summed E-state index contributed by atoms with van der Waals surface area (Å²) in [6.07, 6.45) is 2.78. The van der Waals surface area contributed by atoms with Crippen LogP contribution in [-0.2, 0) is 0 Å². The van der Waals surface area contributed by atoms with Gasteiger partial charge in [0.25, 0.3) is 0 Å². The molecule has 0 N–H and O–H groups in total. The number of rotatable bonds is 1. The van der Waals surface area contributed by atoms with Crippen molar-refractivity contribution >= 4 is 0 Å². The third-order valence-electron chi connectivity index (χ3n) is 2.85. The number of nitrogens with zero attached hydrogens (tertiary/aromatic N) is 1. The molecule has 0 amide bonds. The molecule has 1 rings (SSSR count). The van der Waals surface area contributed by atoms with E-state index in [4.69, 9.17) is 0 Å². The third kappa shape index (κ3) is 4.12. The van der Waals surface area contributed by atoms with E-state index in [1.807, 2.05) is 13.8 Å². The van der Waals surface area contributed by atoms with Crippen LogP contribution in [0.1, 0.15) is 54.4 Å². The Hall–Kier alpha value is -0.0400. The normalized spacial score (nSPS) is 29.8. The lowest BCUT2D eigenvalue weighted by Gasteiger charge is -2.39. The molecular formula is C12H27N. The molecule has 2 unspecified atom stereocenters. The fourth-order valence-corrected chi connectivity index (χ4v) is 2.19. The Morgan fingerprint density at radius 3 is 2.08 bits per heavy atom. The molecule has 0 aromatic rings. The van der Waals surface area contributed by atoms with Crippen molar-refractivity contribution in [2.75, 3.05) is 6.54 Å². The summed E-state index contributed by atoms with van der Waals surface area (Å²) in [7, 11) is 0. The van der Waals surface area contributed by atoms with E-state index in [0.717, 1.165) is 18.0 Å². The Morgan fingerprint density at radius 2 is 1.69 bits per heavy atom. The molecule has 1 heteroatoms. The molecule has 1 aliphatic rings. The molecule has 1 fully saturated rings. The van der Waals surface area contributed by atoms with E-state index in [2.05, 4.69) is 32.6 Å². The second-order valence-electron chi connectivity index (χ2n) is 4.31. The van der Waals surface area contributed by atoms with Crippen molar-refractivity contribution in [1.82, 2.24) is 4.90 Å². The van der Waals surface area contributed by atoms with Crippen molar-refractivity contribution in [3.63, 3.8) is 0 Å². The number of likely N-dealkylation sites (tertiary alicyclic amines) is 1. The highest BCUT2D eigenvalue weighted by Crippen LogP contribution is 2.23. The molecule has 0 saturated carbocycles. The van der Waals surface area contributed by atoms with Gasteiger partial charge in [-0.1, -0.05) is 20.8 Å². The first kappa shape index (κ1) is 13.0. The average Bonchev–Trinajstić information content (AvgIpc) is 2.07. The van der Waals surface area contributed by atoms with Crippen molar-refractivity contribution in [2.45, 2.75) is 66.5 Å². The van der Waals surface area contributed by atoms with Crippen LogP contribution < -0.4 is 0 Å². The maximum atomic E-state index is 2.61. The zero-order valence-corrected chi connectivity index (χ0v) is 10.3. The topological polar surface area (TPSA) is 3.24 Å². The van der Waals surface area contributed by atoms with Crippen molar-refractivity contribution in [3.05, 3.63) is 0 Å². The third-order valence-corrected chi connectivity index (χ3v) is 2.85. The Kier molecular flexibility index (Phi) is 6.40. The molecule has 0 bridgehead atoms. The number of hydrogen-bond acceptors (Lipinski definition) is 1. The van der Waals surface area contributed by atoms with Gasteiger partial charge in [-0.3, -0.25) is 4.90 Å². The van der Waals surface area contributed by atoms with Crippen molar-refractivity contribution in [2.24, 2.45) is 5.92 Å². The first-order chi connectivity index (χ1) is 6.11. The van der Waals surface area contributed by atoms with Crippen LogP contribution in [0, 0.1) is 5.92 Å². The minimum Gasteiger partial charge on any atom is -0.298 e. The Bertz CT molecular complexity index is 120. The maximum Gasteiger partial charge on any atom is 0.00721 e. The van der Waals surface area contributed by atoms with Crippen molar-refractivity contribution < 1.29 is 0 Å². The Labute approximate surface area is 84.5 Å². The second-order valence-corrected chi connectivity index (χ2v) is 4.31. The SMILES string of the molecule is CC.CC1CCN(C(C)C)C(C)C1. The molecule has 1 nitrogen and oxygen atoms in total. The fraction of sp³-hybridized carbons (Fsp3) is 1.00. The van der Waals surface area contributed by atoms with E-state index in [1.165, 1.54) is 19.4 Å². The summed E-state index contributed by atoms with van der Waals surface area (Å²) in [5.74, 6) is 0.944. The van der Waals surface area contributed by atoms with Crippen LogP contribution in [0.3, 0.4) is 0 Å². The van der Waals surface area contributed by atoms with Gasteiger partial charge in [-0.05, 0) is 46.1 Å². The van der Waals surface area contributed by atoms with E-state index in [1.54, 1.807) is 0 Å². The zero-order valence-electron chi connectivity index (χ0n) is 10.3. The van der Waals surface area contributed by atoms with Crippen LogP contribution >= 0.6 is 0 Å². The Morgan fingerprint density at radius 1 is 1.15 bits per heavy atom. The van der Waals surface area contributed by atoms with Crippen molar-refractivity contribution in [3.8, 4) is 0 Å². The minimum absolute atomic E-state index is 0.734. The fourth-order valence-electron chi connectivity index (χ4n) is 2.19. The van der Waals surface area contributed by atoms with Crippen LogP contribution in [0.5, 0.6) is 0 Å². The van der Waals surface area contributed by atoms with Gasteiger partial charge in [0.05, 0.1) is 0 Å². The molecule has 0 spiro atoms. The van der Waals surface area contributed by atoms with E-state index in [9.17, 15) is 0 Å². The van der Waals surface area contributed by atoms with Crippen LogP contribution in [0.15, 0.2) is 0 Å². The highest BCUT2D eigenvalue weighted by atomic mass is 15.2. The Balaban J connectivity index is 0.000000671. The predicted molar refractivity (Wildman–Crippen MR) is 61.1 cm³/mol. The molecule has 0 aromatic heterocycles. The van der Waals surface area contributed by atoms with Gasteiger partial charge in [-0.2, -0.15) is 0 Å². The first-order valence-corrected chi connectivity index (χ1v) is 5.87. The van der Waals surface area contributed by atoms with Gasteiger partial charge in [0.1, 0.15) is 0 Å². The van der Waals surface area contributed by atoms with Gasteiger partial charge in [-0.25, -0.2) is 0 Å². The van der Waals surface area contributed by atoms with Crippen LogP contribution in [0.4, 0.5) is 0 Å².